The standard InChI is InChI=1S/C21H20N2O3S/c24-21(22-18-11-13-27(25,26)15-18)10-12-23-19-9-5-4-8-17(19)14-20(23)16-6-2-1-3-7-16/h1-9,11,13-14,18H,10,12,15H2,(H,22,24)/t18-/m0/s1. The molecule has 0 unspecified atom stereocenters. The van der Waals surface area contributed by atoms with E-state index in [0.717, 1.165) is 22.2 Å². The maximum Gasteiger partial charge on any atom is 0.222 e. The van der Waals surface area contributed by atoms with Gasteiger partial charge in [-0.25, -0.2) is 8.42 Å². The molecular formula is C21H20N2O3S. The molecule has 0 fully saturated rings. The van der Waals surface area contributed by atoms with Crippen LogP contribution in [-0.4, -0.2) is 30.7 Å². The van der Waals surface area contributed by atoms with E-state index in [0.29, 0.717) is 6.54 Å². The number of amides is 1. The van der Waals surface area contributed by atoms with E-state index in [1.54, 1.807) is 0 Å². The zero-order valence-electron chi connectivity index (χ0n) is 14.7. The molecular weight excluding hydrogens is 360 g/mol. The number of sulfone groups is 1. The number of benzene rings is 2. The summed E-state index contributed by atoms with van der Waals surface area (Å²) in [7, 11) is -3.17. The number of rotatable bonds is 5. The fraction of sp³-hybridized carbons (Fsp3) is 0.190. The Bertz CT molecular complexity index is 1110. The Kier molecular flexibility index (Phi) is 4.58. The third kappa shape index (κ3) is 3.80. The smallest absolute Gasteiger partial charge is 0.222 e. The van der Waals surface area contributed by atoms with E-state index in [2.05, 4.69) is 34.1 Å². The van der Waals surface area contributed by atoms with Crippen LogP contribution < -0.4 is 5.32 Å². The largest absolute Gasteiger partial charge is 0.349 e. The Balaban J connectivity index is 1.55. The lowest BCUT2D eigenvalue weighted by Gasteiger charge is -2.13. The molecule has 1 aliphatic heterocycles. The van der Waals surface area contributed by atoms with Gasteiger partial charge in [-0.3, -0.25) is 4.79 Å². The molecule has 3 aromatic rings. The van der Waals surface area contributed by atoms with Gasteiger partial charge in [-0.2, -0.15) is 0 Å². The number of nitrogens with one attached hydrogen (secondary N) is 1. The second-order valence-corrected chi connectivity index (χ2v) is 8.62. The molecule has 0 saturated heterocycles. The van der Waals surface area contributed by atoms with Crippen molar-refractivity contribution >= 4 is 26.6 Å². The summed E-state index contributed by atoms with van der Waals surface area (Å²) in [5, 5.41) is 5.08. The van der Waals surface area contributed by atoms with Gasteiger partial charge in [0.1, 0.15) is 0 Å². The van der Waals surface area contributed by atoms with Crippen molar-refractivity contribution in [1.82, 2.24) is 9.88 Å². The monoisotopic (exact) mass is 380 g/mol. The Morgan fingerprint density at radius 2 is 1.81 bits per heavy atom. The van der Waals surface area contributed by atoms with E-state index in [4.69, 9.17) is 0 Å². The minimum Gasteiger partial charge on any atom is -0.349 e. The van der Waals surface area contributed by atoms with Crippen LogP contribution in [0, 0.1) is 0 Å². The van der Waals surface area contributed by atoms with Crippen LogP contribution in [0.15, 0.2) is 72.1 Å². The molecule has 27 heavy (non-hydrogen) atoms. The topological polar surface area (TPSA) is 68.2 Å². The highest BCUT2D eigenvalue weighted by atomic mass is 32.2. The summed E-state index contributed by atoms with van der Waals surface area (Å²) < 4.78 is 25.1. The quantitative estimate of drug-likeness (QED) is 0.739. The highest BCUT2D eigenvalue weighted by Gasteiger charge is 2.23. The van der Waals surface area contributed by atoms with Crippen molar-refractivity contribution in [3.8, 4) is 11.3 Å². The van der Waals surface area contributed by atoms with Gasteiger partial charge >= 0.3 is 0 Å². The molecule has 1 aromatic heterocycles. The molecule has 0 aliphatic carbocycles. The molecule has 5 nitrogen and oxygen atoms in total. The molecule has 6 heteroatoms. The van der Waals surface area contributed by atoms with E-state index in [1.807, 2.05) is 36.4 Å². The van der Waals surface area contributed by atoms with Gasteiger partial charge in [0.15, 0.2) is 9.84 Å². The average molecular weight is 380 g/mol. The van der Waals surface area contributed by atoms with Gasteiger partial charge < -0.3 is 9.88 Å². The van der Waals surface area contributed by atoms with Crippen LogP contribution in [0.1, 0.15) is 6.42 Å². The molecule has 1 N–H and O–H groups in total. The van der Waals surface area contributed by atoms with Gasteiger partial charge in [0, 0.05) is 35.0 Å². The molecule has 0 spiro atoms. The summed E-state index contributed by atoms with van der Waals surface area (Å²) in [5.41, 5.74) is 3.24. The summed E-state index contributed by atoms with van der Waals surface area (Å²) in [6, 6.07) is 19.9. The van der Waals surface area contributed by atoms with Crippen LogP contribution in [0.5, 0.6) is 0 Å². The lowest BCUT2D eigenvalue weighted by Crippen LogP contribution is -2.35. The van der Waals surface area contributed by atoms with Gasteiger partial charge in [-0.1, -0.05) is 48.5 Å². The second-order valence-electron chi connectivity index (χ2n) is 6.69. The molecule has 0 saturated carbocycles. The molecule has 1 atom stereocenters. The van der Waals surface area contributed by atoms with Crippen molar-refractivity contribution < 1.29 is 13.2 Å². The summed E-state index contributed by atoms with van der Waals surface area (Å²) >= 11 is 0. The SMILES string of the molecule is O=C(CCn1c(-c2ccccc2)cc2ccccc21)N[C@H]1C=CS(=O)(=O)C1. The van der Waals surface area contributed by atoms with E-state index in [-0.39, 0.29) is 18.1 Å². The highest BCUT2D eigenvalue weighted by Crippen LogP contribution is 2.28. The lowest BCUT2D eigenvalue weighted by molar-refractivity contribution is -0.121. The zero-order chi connectivity index (χ0) is 18.9. The maximum absolute atomic E-state index is 12.3. The first kappa shape index (κ1) is 17.5. The molecule has 2 heterocycles. The molecule has 0 bridgehead atoms. The fourth-order valence-electron chi connectivity index (χ4n) is 3.46. The first-order valence-electron chi connectivity index (χ1n) is 8.86. The van der Waals surface area contributed by atoms with Crippen molar-refractivity contribution in [3.63, 3.8) is 0 Å². The molecule has 1 amide bonds. The number of fused-ring (bicyclic) bond motifs is 1. The third-order valence-corrected chi connectivity index (χ3v) is 6.11. The van der Waals surface area contributed by atoms with Crippen LogP contribution in [0.3, 0.4) is 0 Å². The average Bonchev–Trinajstić information content (AvgIpc) is 3.20. The lowest BCUT2D eigenvalue weighted by atomic mass is 10.1. The van der Waals surface area contributed by atoms with Gasteiger partial charge in [0.05, 0.1) is 11.8 Å². The van der Waals surface area contributed by atoms with Crippen LogP contribution in [0.4, 0.5) is 0 Å². The van der Waals surface area contributed by atoms with Crippen LogP contribution in [0.25, 0.3) is 22.2 Å². The van der Waals surface area contributed by atoms with Crippen molar-refractivity contribution in [2.45, 2.75) is 19.0 Å². The summed E-state index contributed by atoms with van der Waals surface area (Å²) in [5.74, 6) is -0.209. The predicted octanol–water partition coefficient (Wildman–Crippen LogP) is 3.13. The predicted molar refractivity (Wildman–Crippen MR) is 107 cm³/mol. The summed E-state index contributed by atoms with van der Waals surface area (Å²) in [4.78, 5) is 12.3. The van der Waals surface area contributed by atoms with E-state index in [1.165, 1.54) is 11.5 Å². The number of aryl methyl sites for hydroxylation is 1. The van der Waals surface area contributed by atoms with Crippen molar-refractivity contribution in [3.05, 3.63) is 72.1 Å². The first-order valence-corrected chi connectivity index (χ1v) is 10.6. The normalized spacial score (nSPS) is 18.0. The van der Waals surface area contributed by atoms with E-state index in [9.17, 15) is 13.2 Å². The van der Waals surface area contributed by atoms with Crippen molar-refractivity contribution in [2.24, 2.45) is 0 Å². The molecule has 4 rings (SSSR count). The number of hydrogen-bond donors (Lipinski definition) is 1. The summed E-state index contributed by atoms with van der Waals surface area (Å²) in [6.07, 6.45) is 1.82. The molecule has 2 aromatic carbocycles. The number of hydrogen-bond acceptors (Lipinski definition) is 3. The van der Waals surface area contributed by atoms with Crippen molar-refractivity contribution in [1.29, 1.82) is 0 Å². The number of para-hydroxylation sites is 1. The van der Waals surface area contributed by atoms with Gasteiger partial charge in [0.25, 0.3) is 0 Å². The van der Waals surface area contributed by atoms with Crippen molar-refractivity contribution in [2.75, 3.05) is 5.75 Å². The molecule has 1 aliphatic rings. The number of nitrogens with zero attached hydrogens (tertiary/aromatic N) is 1. The maximum atomic E-state index is 12.3. The van der Waals surface area contributed by atoms with Crippen LogP contribution in [-0.2, 0) is 21.2 Å². The summed E-state index contributed by atoms with van der Waals surface area (Å²) in [6.45, 7) is 0.521. The fourth-order valence-corrected chi connectivity index (χ4v) is 4.69. The second kappa shape index (κ2) is 7.04. The number of carbonyl (C=O) groups is 1. The van der Waals surface area contributed by atoms with E-state index >= 15 is 0 Å². The Labute approximate surface area is 158 Å². The Hall–Kier alpha value is -2.86. The number of aromatic nitrogens is 1. The highest BCUT2D eigenvalue weighted by molar-refractivity contribution is 7.94. The van der Waals surface area contributed by atoms with Gasteiger partial charge in [-0.05, 0) is 23.8 Å². The third-order valence-electron chi connectivity index (χ3n) is 4.72. The van der Waals surface area contributed by atoms with Gasteiger partial charge in [-0.15, -0.1) is 0 Å². The number of carbonyl (C=O) groups excluding carboxylic acids is 1. The van der Waals surface area contributed by atoms with Gasteiger partial charge in [0.2, 0.25) is 5.91 Å². The van der Waals surface area contributed by atoms with E-state index < -0.39 is 15.9 Å². The molecule has 0 radical (unpaired) electrons. The zero-order valence-corrected chi connectivity index (χ0v) is 15.5. The Morgan fingerprint density at radius 1 is 1.07 bits per heavy atom. The van der Waals surface area contributed by atoms with Crippen LogP contribution in [0.2, 0.25) is 0 Å². The van der Waals surface area contributed by atoms with Crippen LogP contribution >= 0.6 is 0 Å². The minimum atomic E-state index is -3.17. The Morgan fingerprint density at radius 3 is 2.56 bits per heavy atom. The minimum absolute atomic E-state index is 0.0551. The first-order chi connectivity index (χ1) is 13.0. The molecule has 138 valence electrons.